The molecular formula is C92H142N4O28. The van der Waals surface area contributed by atoms with Gasteiger partial charge in [0.25, 0.3) is 0 Å². The highest BCUT2D eigenvalue weighted by atomic mass is 17.3. The highest BCUT2D eigenvalue weighted by molar-refractivity contribution is 5.83. The van der Waals surface area contributed by atoms with Crippen molar-refractivity contribution in [3.8, 4) is 0 Å². The van der Waals surface area contributed by atoms with Crippen LogP contribution in [0.15, 0.2) is 0 Å². The van der Waals surface area contributed by atoms with Gasteiger partial charge in [0.15, 0.2) is 47.6 Å². The Balaban J connectivity index is 0.490. The van der Waals surface area contributed by atoms with Crippen LogP contribution in [0, 0.1) is 94.7 Å². The van der Waals surface area contributed by atoms with E-state index in [0.717, 1.165) is 116 Å². The van der Waals surface area contributed by atoms with Gasteiger partial charge in [-0.1, -0.05) is 93.9 Å². The third-order valence-electron chi connectivity index (χ3n) is 32.7. The molecule has 8 bridgehead atoms. The second-order valence-electron chi connectivity index (χ2n) is 41.1. The van der Waals surface area contributed by atoms with E-state index in [-0.39, 0.29) is 159 Å². The van der Waals surface area contributed by atoms with Crippen molar-refractivity contribution < 1.29 is 134 Å². The number of carbonyl (C=O) groups excluding carboxylic acids is 8. The average molecular weight is 1750 g/mol. The highest BCUT2D eigenvalue weighted by Gasteiger charge is 2.75. The van der Waals surface area contributed by atoms with Gasteiger partial charge in [0.2, 0.25) is 71.9 Å². The Morgan fingerprint density at radius 2 is 0.532 bits per heavy atom. The molecule has 0 aromatic carbocycles. The number of fused-ring (bicyclic) bond motifs is 8. The Labute approximate surface area is 730 Å². The van der Waals surface area contributed by atoms with E-state index >= 15 is 0 Å². The molecule has 16 heterocycles. The van der Waals surface area contributed by atoms with E-state index in [1.165, 1.54) is 0 Å². The van der Waals surface area contributed by atoms with Crippen molar-refractivity contribution >= 4 is 47.5 Å². The fourth-order valence-corrected chi connectivity index (χ4v) is 25.5. The number of esters is 4. The van der Waals surface area contributed by atoms with Crippen molar-refractivity contribution in [1.29, 1.82) is 0 Å². The molecule has 4 saturated carbocycles. The first kappa shape index (κ1) is 92.4. The summed E-state index contributed by atoms with van der Waals surface area (Å²) < 4.78 is 76.0. The van der Waals surface area contributed by atoms with Gasteiger partial charge in [-0.25, -0.2) is 39.1 Å². The molecule has 698 valence electrons. The molecule has 16 aliphatic heterocycles. The van der Waals surface area contributed by atoms with Gasteiger partial charge in [0.1, 0.15) is 0 Å². The second kappa shape index (κ2) is 37.8. The van der Waals surface area contributed by atoms with Crippen molar-refractivity contribution in [2.45, 2.75) is 397 Å². The molecule has 0 aromatic rings. The van der Waals surface area contributed by atoms with E-state index in [1.54, 1.807) is 9.80 Å². The van der Waals surface area contributed by atoms with Crippen LogP contribution in [0.2, 0.25) is 0 Å². The molecule has 4 aliphatic carbocycles. The third-order valence-corrected chi connectivity index (χ3v) is 32.7. The van der Waals surface area contributed by atoms with Crippen molar-refractivity contribution in [1.82, 2.24) is 20.4 Å². The lowest BCUT2D eigenvalue weighted by Crippen LogP contribution is -2.70. The van der Waals surface area contributed by atoms with E-state index in [1.807, 2.05) is 55.4 Å². The minimum Gasteiger partial charge on any atom is -0.435 e. The fraction of sp³-hybridized carbons (Fsp3) is 0.913. The predicted octanol–water partition coefficient (Wildman–Crippen LogP) is 12.9. The minimum atomic E-state index is -1.00. The van der Waals surface area contributed by atoms with Crippen LogP contribution in [-0.4, -0.2) is 192 Å². The normalized spacial score (nSPS) is 44.1. The molecule has 4 amide bonds. The molecule has 32 heteroatoms. The Hall–Kier alpha value is -4.88. The van der Waals surface area contributed by atoms with E-state index in [9.17, 15) is 38.4 Å². The Morgan fingerprint density at radius 1 is 0.290 bits per heavy atom. The summed E-state index contributed by atoms with van der Waals surface area (Å²) >= 11 is 0. The van der Waals surface area contributed by atoms with Crippen LogP contribution in [0.3, 0.4) is 0 Å². The number of amides is 4. The summed E-state index contributed by atoms with van der Waals surface area (Å²) in [6, 6.07) is 0. The molecule has 124 heavy (non-hydrogen) atoms. The Bertz CT molecular complexity index is 3570. The molecule has 4 spiro atoms. The first-order valence-electron chi connectivity index (χ1n) is 48.0. The van der Waals surface area contributed by atoms with Gasteiger partial charge >= 0.3 is 23.9 Å². The zero-order valence-electron chi connectivity index (χ0n) is 75.5. The topological polar surface area (TPSA) is 352 Å². The molecule has 20 rings (SSSR count). The second-order valence-corrected chi connectivity index (χ2v) is 41.1. The number of rotatable bonds is 35. The highest BCUT2D eigenvalue weighted by Crippen LogP contribution is 2.66. The summed E-state index contributed by atoms with van der Waals surface area (Å²) in [5.74, 6) is -6.33. The number of nitrogens with zero attached hydrogens (tertiary/aromatic N) is 2. The molecule has 32 nitrogen and oxygen atoms in total. The standard InChI is InChI=1S/C92H142N4O28/c1-53-23-27-65-57(5)77(109-81-89(65)61(53)39-43-85(9,113-81)117-121-89)105-73(101)35-31-69(97)93-47-21-51-95(71(99)33-37-75(103)107-79-59(7)67-29-25-55(3)63-41-45-87(11)115-83(111-79)91(63,67)123-119-87)49-19-17-15-13-14-16-18-20-50-96(72(100)34-38-76(104)108-80-60(8)68-30-26-56(4)64-42-46-88(12)116-84(112-80)92(64,68)124-120-88)52-22-48-94-70(98)32-36-74(102)106-78-58(6)66-28-24-54(2)62-40-44-86(10)114-82(110-78)90(62,66)122-118-86/h53-68,77-84H,13-52H2,1-12H3,(H,93,97)(H,94,98)/t53-,54-,55-,56-,57-,58-,59-,60-,61+,62+,63+,64+,65+,66+,67+,68+,77-,78-,79-,80-,81-,82-,83-,84-,85-,86-,87-,88-,89-,90-,91-,92-/m1/s1. The molecule has 0 radical (unpaired) electrons. The van der Waals surface area contributed by atoms with E-state index < -0.39 is 120 Å². The van der Waals surface area contributed by atoms with Crippen LogP contribution in [0.1, 0.15) is 301 Å². The van der Waals surface area contributed by atoms with Gasteiger partial charge in [0, 0.05) is 138 Å². The zero-order chi connectivity index (χ0) is 87.5. The largest absolute Gasteiger partial charge is 0.435 e. The summed E-state index contributed by atoms with van der Waals surface area (Å²) in [6.07, 6.45) is 13.1. The van der Waals surface area contributed by atoms with E-state index in [2.05, 4.69) is 38.3 Å². The van der Waals surface area contributed by atoms with Crippen LogP contribution in [-0.2, 0) is 134 Å². The monoisotopic (exact) mass is 1750 g/mol. The van der Waals surface area contributed by atoms with Gasteiger partial charge in [-0.05, 0) is 178 Å². The summed E-state index contributed by atoms with van der Waals surface area (Å²) in [5.41, 5.74) is -3.27. The number of hydrogen-bond donors (Lipinski definition) is 2. The maximum atomic E-state index is 14.3. The quantitative estimate of drug-likeness (QED) is 0.0257. The van der Waals surface area contributed by atoms with Gasteiger partial charge in [-0.15, -0.1) is 0 Å². The maximum Gasteiger partial charge on any atom is 0.308 e. The summed E-state index contributed by atoms with van der Waals surface area (Å²) in [7, 11) is 0. The summed E-state index contributed by atoms with van der Waals surface area (Å²) in [6.45, 7) is 26.4. The number of hydrogen-bond acceptors (Lipinski definition) is 28. The first-order valence-corrected chi connectivity index (χ1v) is 48.0. The lowest BCUT2D eigenvalue weighted by atomic mass is 9.58. The minimum absolute atomic E-state index is 0.0343. The maximum absolute atomic E-state index is 14.3. The molecule has 0 unspecified atom stereocenters. The van der Waals surface area contributed by atoms with Crippen LogP contribution in [0.5, 0.6) is 0 Å². The summed E-state index contributed by atoms with van der Waals surface area (Å²) in [4.78, 5) is 163. The van der Waals surface area contributed by atoms with Crippen LogP contribution in [0.25, 0.3) is 0 Å². The van der Waals surface area contributed by atoms with Gasteiger partial charge in [0.05, 0.1) is 25.7 Å². The zero-order valence-corrected chi connectivity index (χ0v) is 75.5. The Morgan fingerprint density at radius 3 is 0.798 bits per heavy atom. The molecule has 20 fully saturated rings. The van der Waals surface area contributed by atoms with Crippen molar-refractivity contribution in [3.05, 3.63) is 0 Å². The van der Waals surface area contributed by atoms with Crippen LogP contribution in [0.4, 0.5) is 0 Å². The van der Waals surface area contributed by atoms with Crippen LogP contribution >= 0.6 is 0 Å². The van der Waals surface area contributed by atoms with E-state index in [4.69, 9.17) is 95.9 Å². The van der Waals surface area contributed by atoms with Gasteiger partial charge in [-0.3, -0.25) is 38.4 Å². The molecule has 20 aliphatic rings. The number of unbranched alkanes of at least 4 members (excludes halogenated alkanes) is 7. The number of nitrogens with one attached hydrogen (secondary N) is 2. The molecule has 2 N–H and O–H groups in total. The first-order chi connectivity index (χ1) is 59.3. The van der Waals surface area contributed by atoms with Gasteiger partial charge in [-0.2, -0.15) is 0 Å². The molecule has 32 atom stereocenters. The van der Waals surface area contributed by atoms with Crippen molar-refractivity contribution in [2.75, 3.05) is 39.3 Å². The number of ether oxygens (including phenoxy) is 12. The lowest BCUT2D eigenvalue weighted by Gasteiger charge is -2.59. The third kappa shape index (κ3) is 18.3. The summed E-state index contributed by atoms with van der Waals surface area (Å²) in [5, 5.41) is 5.87. The molecule has 0 aromatic heterocycles. The van der Waals surface area contributed by atoms with Gasteiger partial charge < -0.3 is 77.3 Å². The van der Waals surface area contributed by atoms with Crippen molar-refractivity contribution in [3.63, 3.8) is 0 Å². The fourth-order valence-electron chi connectivity index (χ4n) is 25.5. The molecule has 16 saturated heterocycles. The average Bonchev–Trinajstić information content (AvgIpc) is 1.40. The predicted molar refractivity (Wildman–Crippen MR) is 434 cm³/mol. The lowest BCUT2D eigenvalue weighted by molar-refractivity contribution is -0.576. The SMILES string of the molecule is C[C@H]1[C@H](OC(=O)CCC(=O)NCCCN(CCCCCCCCCCN(CCCNC(=O)CCC(=O)O[C@@H]2O[C@@H]3O[C@@]4(C)CC[C@H]5[C@H](C)CC[C@@H]([C@H]2C)[C@@]35OO4)C(=O)CCC(=O)O[C@@H]2O[C@@H]3O[C@@]4(C)CC[C@H]5[C@H](C)CC[C@@H]([C@H]2C)[C@@]35OO4)C(=O)CCC(=O)O[C@@H]2O[C@@H]3O[C@@]4(C)CC[C@H]5[C@H](C)CC[C@@H]([C@H]2C)[C@@]35OO4)O[C@@H]2O[C@@]3(C)CC[C@H]4[C@H](C)CC[C@@H]1[C@@]24OO3. The van der Waals surface area contributed by atoms with E-state index in [0.29, 0.717) is 101 Å². The van der Waals surface area contributed by atoms with Crippen molar-refractivity contribution in [2.24, 2.45) is 94.7 Å². The number of carbonyl (C=O) groups is 8. The smallest absolute Gasteiger partial charge is 0.308 e. The Kier molecular flexibility index (Phi) is 28.1. The molecular weight excluding hydrogens is 1610 g/mol. The van der Waals surface area contributed by atoms with Crippen LogP contribution < -0.4 is 10.6 Å².